The fourth-order valence-electron chi connectivity index (χ4n) is 2.87. The van der Waals surface area contributed by atoms with E-state index in [0.717, 1.165) is 38.5 Å². The molecule has 1 amide bonds. The number of nitrogens with one attached hydrogen (secondary N) is 1. The van der Waals surface area contributed by atoms with Crippen LogP contribution in [0.1, 0.15) is 65.2 Å². The SMILES string of the molecule is CCCC(C)C(=O)NCC1(C(=O)O)CCCCCC1. The van der Waals surface area contributed by atoms with Crippen molar-refractivity contribution in [3.05, 3.63) is 0 Å². The minimum Gasteiger partial charge on any atom is -0.481 e. The largest absolute Gasteiger partial charge is 0.481 e. The summed E-state index contributed by atoms with van der Waals surface area (Å²) in [5.41, 5.74) is -0.738. The van der Waals surface area contributed by atoms with Crippen LogP contribution >= 0.6 is 0 Å². The Morgan fingerprint density at radius 3 is 2.26 bits per heavy atom. The number of hydrogen-bond donors (Lipinski definition) is 2. The monoisotopic (exact) mass is 269 g/mol. The van der Waals surface area contributed by atoms with Crippen molar-refractivity contribution in [2.24, 2.45) is 11.3 Å². The molecule has 1 rings (SSSR count). The third-order valence-electron chi connectivity index (χ3n) is 4.28. The van der Waals surface area contributed by atoms with Crippen LogP contribution in [0.4, 0.5) is 0 Å². The minimum absolute atomic E-state index is 0.00766. The van der Waals surface area contributed by atoms with Crippen molar-refractivity contribution in [1.29, 1.82) is 0 Å². The molecule has 4 nitrogen and oxygen atoms in total. The van der Waals surface area contributed by atoms with Gasteiger partial charge in [0.2, 0.25) is 5.91 Å². The molecule has 0 aromatic heterocycles. The Labute approximate surface area is 116 Å². The highest BCUT2D eigenvalue weighted by atomic mass is 16.4. The van der Waals surface area contributed by atoms with Crippen molar-refractivity contribution in [2.45, 2.75) is 65.2 Å². The number of carbonyl (C=O) groups is 2. The predicted molar refractivity (Wildman–Crippen MR) is 74.9 cm³/mol. The molecule has 1 fully saturated rings. The average molecular weight is 269 g/mol. The summed E-state index contributed by atoms with van der Waals surface area (Å²) in [5, 5.41) is 12.4. The third-order valence-corrected chi connectivity index (χ3v) is 4.28. The first kappa shape index (κ1) is 16.0. The maximum Gasteiger partial charge on any atom is 0.311 e. The van der Waals surface area contributed by atoms with Gasteiger partial charge in [0.05, 0.1) is 5.41 Å². The highest BCUT2D eigenvalue weighted by molar-refractivity contribution is 5.80. The van der Waals surface area contributed by atoms with Crippen LogP contribution in [0.3, 0.4) is 0 Å². The number of carboxylic acid groups (broad SMARTS) is 1. The molecular weight excluding hydrogens is 242 g/mol. The van der Waals surface area contributed by atoms with Gasteiger partial charge in [0.1, 0.15) is 0 Å². The van der Waals surface area contributed by atoms with Gasteiger partial charge in [-0.2, -0.15) is 0 Å². The van der Waals surface area contributed by atoms with E-state index in [1.54, 1.807) is 0 Å². The molecule has 0 aromatic carbocycles. The Hall–Kier alpha value is -1.06. The van der Waals surface area contributed by atoms with E-state index in [2.05, 4.69) is 5.32 Å². The van der Waals surface area contributed by atoms with Gasteiger partial charge in [0, 0.05) is 12.5 Å². The van der Waals surface area contributed by atoms with Gasteiger partial charge >= 0.3 is 5.97 Å². The van der Waals surface area contributed by atoms with Gasteiger partial charge in [-0.25, -0.2) is 0 Å². The molecule has 0 heterocycles. The lowest BCUT2D eigenvalue weighted by Gasteiger charge is -2.28. The Bertz CT molecular complexity index is 307. The molecule has 1 aliphatic carbocycles. The van der Waals surface area contributed by atoms with E-state index in [9.17, 15) is 14.7 Å². The fraction of sp³-hybridized carbons (Fsp3) is 0.867. The van der Waals surface area contributed by atoms with Crippen molar-refractivity contribution in [3.63, 3.8) is 0 Å². The Morgan fingerprint density at radius 2 is 1.79 bits per heavy atom. The Morgan fingerprint density at radius 1 is 1.21 bits per heavy atom. The lowest BCUT2D eigenvalue weighted by atomic mass is 9.80. The second-order valence-corrected chi connectivity index (χ2v) is 5.91. The van der Waals surface area contributed by atoms with Crippen LogP contribution in [0.2, 0.25) is 0 Å². The van der Waals surface area contributed by atoms with Crippen molar-refractivity contribution in [2.75, 3.05) is 6.54 Å². The fourth-order valence-corrected chi connectivity index (χ4v) is 2.87. The van der Waals surface area contributed by atoms with Crippen LogP contribution in [-0.2, 0) is 9.59 Å². The van der Waals surface area contributed by atoms with Crippen LogP contribution in [0, 0.1) is 11.3 Å². The van der Waals surface area contributed by atoms with Crippen LogP contribution in [0.25, 0.3) is 0 Å². The zero-order valence-corrected chi connectivity index (χ0v) is 12.2. The Kier molecular flexibility index (Phi) is 6.32. The summed E-state index contributed by atoms with van der Waals surface area (Å²) in [6, 6.07) is 0. The molecule has 1 atom stereocenters. The van der Waals surface area contributed by atoms with E-state index in [1.165, 1.54) is 0 Å². The maximum absolute atomic E-state index is 11.9. The molecule has 1 unspecified atom stereocenters. The zero-order valence-electron chi connectivity index (χ0n) is 12.2. The van der Waals surface area contributed by atoms with Gasteiger partial charge in [-0.1, -0.05) is 46.0 Å². The van der Waals surface area contributed by atoms with E-state index < -0.39 is 11.4 Å². The number of aliphatic carboxylic acids is 1. The smallest absolute Gasteiger partial charge is 0.311 e. The minimum atomic E-state index is -0.752. The molecule has 0 aromatic rings. The molecule has 0 saturated heterocycles. The van der Waals surface area contributed by atoms with E-state index >= 15 is 0 Å². The number of carboxylic acids is 1. The lowest BCUT2D eigenvalue weighted by molar-refractivity contribution is -0.150. The quantitative estimate of drug-likeness (QED) is 0.728. The zero-order chi connectivity index (χ0) is 14.3. The first-order chi connectivity index (χ1) is 9.02. The number of amides is 1. The van der Waals surface area contributed by atoms with E-state index in [0.29, 0.717) is 12.8 Å². The second kappa shape index (κ2) is 7.51. The third kappa shape index (κ3) is 4.51. The Balaban J connectivity index is 2.58. The normalized spacial score (nSPS) is 20.3. The molecule has 0 bridgehead atoms. The van der Waals surface area contributed by atoms with Crippen molar-refractivity contribution >= 4 is 11.9 Å². The molecule has 19 heavy (non-hydrogen) atoms. The summed E-state index contributed by atoms with van der Waals surface area (Å²) < 4.78 is 0. The van der Waals surface area contributed by atoms with E-state index in [4.69, 9.17) is 0 Å². The van der Waals surface area contributed by atoms with Crippen molar-refractivity contribution < 1.29 is 14.7 Å². The lowest BCUT2D eigenvalue weighted by Crippen LogP contribution is -2.44. The van der Waals surface area contributed by atoms with Gasteiger partial charge in [0.15, 0.2) is 0 Å². The average Bonchev–Trinajstić information content (AvgIpc) is 2.62. The predicted octanol–water partition coefficient (Wildman–Crippen LogP) is 2.96. The van der Waals surface area contributed by atoms with Crippen LogP contribution in [0.15, 0.2) is 0 Å². The summed E-state index contributed by atoms with van der Waals surface area (Å²) >= 11 is 0. The maximum atomic E-state index is 11.9. The molecule has 0 spiro atoms. The summed E-state index contributed by atoms with van der Waals surface area (Å²) in [6.45, 7) is 4.24. The van der Waals surface area contributed by atoms with Crippen LogP contribution in [-0.4, -0.2) is 23.5 Å². The topological polar surface area (TPSA) is 66.4 Å². The summed E-state index contributed by atoms with van der Waals surface area (Å²) in [5.74, 6) is -0.786. The van der Waals surface area contributed by atoms with E-state index in [-0.39, 0.29) is 18.4 Å². The number of hydrogen-bond acceptors (Lipinski definition) is 2. The molecule has 1 aliphatic rings. The second-order valence-electron chi connectivity index (χ2n) is 5.91. The van der Waals surface area contributed by atoms with Gasteiger partial charge < -0.3 is 10.4 Å². The van der Waals surface area contributed by atoms with Crippen molar-refractivity contribution in [1.82, 2.24) is 5.32 Å². The van der Waals surface area contributed by atoms with Crippen LogP contribution < -0.4 is 5.32 Å². The first-order valence-corrected chi connectivity index (χ1v) is 7.53. The highest BCUT2D eigenvalue weighted by Crippen LogP contribution is 2.34. The molecule has 4 heteroatoms. The van der Waals surface area contributed by atoms with E-state index in [1.807, 2.05) is 13.8 Å². The van der Waals surface area contributed by atoms with Gasteiger partial charge in [-0.15, -0.1) is 0 Å². The molecule has 2 N–H and O–H groups in total. The first-order valence-electron chi connectivity index (χ1n) is 7.53. The highest BCUT2D eigenvalue weighted by Gasteiger charge is 2.39. The van der Waals surface area contributed by atoms with Gasteiger partial charge in [0.25, 0.3) is 0 Å². The molecule has 0 radical (unpaired) electrons. The summed E-state index contributed by atoms with van der Waals surface area (Å²) in [4.78, 5) is 23.5. The van der Waals surface area contributed by atoms with Gasteiger partial charge in [-0.05, 0) is 19.3 Å². The molecule has 0 aliphatic heterocycles. The van der Waals surface area contributed by atoms with Crippen LogP contribution in [0.5, 0.6) is 0 Å². The summed E-state index contributed by atoms with van der Waals surface area (Å²) in [6.07, 6.45) is 7.31. The summed E-state index contributed by atoms with van der Waals surface area (Å²) in [7, 11) is 0. The number of carbonyl (C=O) groups excluding carboxylic acids is 1. The molecule has 1 saturated carbocycles. The standard InChI is InChI=1S/C15H27NO3/c1-3-8-12(2)13(17)16-11-15(14(18)19)9-6-4-5-7-10-15/h12H,3-11H2,1-2H3,(H,16,17)(H,18,19). The molecule has 110 valence electrons. The molecular formula is C15H27NO3. The van der Waals surface area contributed by atoms with Crippen molar-refractivity contribution in [3.8, 4) is 0 Å². The van der Waals surface area contributed by atoms with Gasteiger partial charge in [-0.3, -0.25) is 9.59 Å². The number of rotatable bonds is 6.